The lowest BCUT2D eigenvalue weighted by Crippen LogP contribution is -2.41. The second kappa shape index (κ2) is 32.1. The highest BCUT2D eigenvalue weighted by molar-refractivity contribution is 9.10. The van der Waals surface area contributed by atoms with Gasteiger partial charge in [-0.05, 0) is 204 Å². The molecule has 2 heterocycles. The van der Waals surface area contributed by atoms with Crippen LogP contribution in [0.2, 0.25) is 0 Å². The van der Waals surface area contributed by atoms with Crippen molar-refractivity contribution in [3.63, 3.8) is 0 Å². The summed E-state index contributed by atoms with van der Waals surface area (Å²) in [6, 6.07) is 39.2. The molecule has 0 aliphatic heterocycles. The van der Waals surface area contributed by atoms with Crippen LogP contribution in [-0.2, 0) is 60.9 Å². The van der Waals surface area contributed by atoms with Crippen molar-refractivity contribution in [2.75, 3.05) is 0 Å². The number of carbonyl (C=O) groups is 6. The van der Waals surface area contributed by atoms with E-state index in [1.165, 1.54) is 45.9 Å². The summed E-state index contributed by atoms with van der Waals surface area (Å²) in [4.78, 5) is 77.0. The second-order valence-corrected chi connectivity index (χ2v) is 24.8. The summed E-state index contributed by atoms with van der Waals surface area (Å²) in [5, 5.41) is 41.2. The fraction of sp³-hybridized carbons (Fsp3) is 0.441. The first-order valence-corrected chi connectivity index (χ1v) is 31.4. The maximum atomic E-state index is 12.9. The molecule has 18 nitrogen and oxygen atoms in total. The summed E-state index contributed by atoms with van der Waals surface area (Å²) in [5.41, 5.74) is 9.58. The van der Waals surface area contributed by atoms with Crippen molar-refractivity contribution in [1.29, 1.82) is 0 Å². The molecule has 3 amide bonds. The SMILES string of the molecule is C[C@H](NC(=O)[C@@H]1CC[C@@H](Cc2ccccc2)C1)C(=O)O.Cc1cc(Br)cc(CCC(=O)[C@H](C)NC(=O)[C@@H]2CC[C@@H](Cc3ccccc3)C2)c1-n1ncnn1.Cc1cccc(CCC(=O)[C@H](C)NC(=O)[C@@H]2CC[C@@H](Cc3ccccc3)C2)c1-n1ncnn1. The number of amides is 3. The fourth-order valence-electron chi connectivity index (χ4n) is 12.5. The first-order chi connectivity index (χ1) is 42.0. The minimum atomic E-state index is -0.989. The molecule has 4 N–H and O–H groups in total. The van der Waals surface area contributed by atoms with Gasteiger partial charge in [0.1, 0.15) is 6.04 Å². The van der Waals surface area contributed by atoms with Gasteiger partial charge < -0.3 is 21.1 Å². The summed E-state index contributed by atoms with van der Waals surface area (Å²) < 4.78 is 0.934. The van der Waals surface area contributed by atoms with Gasteiger partial charge in [-0.1, -0.05) is 125 Å². The summed E-state index contributed by atoms with van der Waals surface area (Å²) in [6.07, 6.45) is 16.0. The average Bonchev–Trinajstić information content (AvgIpc) is 4.48. The Bertz CT molecular complexity index is 3370. The minimum Gasteiger partial charge on any atom is -0.480 e. The van der Waals surface area contributed by atoms with Crippen molar-refractivity contribution in [2.45, 2.75) is 155 Å². The number of para-hydroxylation sites is 1. The largest absolute Gasteiger partial charge is 0.480 e. The number of benzene rings is 5. The lowest BCUT2D eigenvalue weighted by atomic mass is 9.96. The van der Waals surface area contributed by atoms with E-state index in [1.807, 2.05) is 74.5 Å². The van der Waals surface area contributed by atoms with Crippen molar-refractivity contribution >= 4 is 51.2 Å². The van der Waals surface area contributed by atoms with Gasteiger partial charge in [0, 0.05) is 35.1 Å². The number of aryl methyl sites for hydroxylation is 4. The quantitative estimate of drug-likeness (QED) is 0.0466. The van der Waals surface area contributed by atoms with Gasteiger partial charge in [0.05, 0.1) is 23.5 Å². The van der Waals surface area contributed by atoms with E-state index in [0.717, 1.165) is 115 Å². The number of nitrogens with zero attached hydrogens (tertiary/aromatic N) is 8. The zero-order valence-electron chi connectivity index (χ0n) is 50.6. The molecule has 3 saturated carbocycles. The van der Waals surface area contributed by atoms with E-state index < -0.39 is 24.1 Å². The summed E-state index contributed by atoms with van der Waals surface area (Å²) >= 11 is 3.53. The van der Waals surface area contributed by atoms with Crippen LogP contribution in [0.15, 0.2) is 138 Å². The molecular weight excluding hydrogens is 1160 g/mol. The van der Waals surface area contributed by atoms with Crippen LogP contribution >= 0.6 is 15.9 Å². The second-order valence-electron chi connectivity index (χ2n) is 23.9. The van der Waals surface area contributed by atoms with Crippen LogP contribution in [0, 0.1) is 49.4 Å². The molecule has 0 spiro atoms. The maximum absolute atomic E-state index is 12.9. The van der Waals surface area contributed by atoms with Gasteiger partial charge in [0.15, 0.2) is 24.2 Å². The Morgan fingerprint density at radius 3 is 1.29 bits per heavy atom. The molecular formula is C68H82BrN11O7. The van der Waals surface area contributed by atoms with E-state index in [2.05, 4.69) is 123 Å². The molecule has 10 rings (SSSR count). The first kappa shape index (κ1) is 64.9. The Balaban J connectivity index is 0.000000175. The van der Waals surface area contributed by atoms with Crippen LogP contribution in [-0.4, -0.2) is 98.9 Å². The molecule has 458 valence electrons. The standard InChI is InChI=1S/C26H30BrN5O2.C26H31N5O2.C16H21NO3/c1-17-12-23(27)15-21(25(17)32-29-16-28-31-32)10-11-24(33)18(2)30-26(34)22-9-8-20(14-22)13-19-6-4-3-5-7-19;1-18-7-6-10-22(25(18)31-28-17-27-30-31)13-14-24(32)19(2)29-26(33)23-12-11-21(16-23)15-20-8-4-3-5-9-20;1-11(16(19)20)17-15(18)14-8-7-13(10-14)9-12-5-3-2-4-6-12/h3-7,12,15-16,18,20,22H,8-11,13-14H2,1-2H3,(H,30,34);3-10,17,19,21,23H,11-16H2,1-2H3,(H,29,33);2-6,11,13-14H,7-10H2,1H3,(H,17,18)(H,19,20)/t18-,20-,22+;19-,21-,23+;11-,13-,14+/m000/s1. The molecule has 3 aliphatic carbocycles. The number of carboxylic acids is 1. The van der Waals surface area contributed by atoms with Crippen molar-refractivity contribution in [1.82, 2.24) is 56.4 Å². The number of halogens is 1. The normalized spacial score (nSPS) is 19.7. The molecule has 0 unspecified atom stereocenters. The number of aromatic nitrogens is 8. The smallest absolute Gasteiger partial charge is 0.325 e. The lowest BCUT2D eigenvalue weighted by Gasteiger charge is -2.17. The van der Waals surface area contributed by atoms with E-state index in [0.29, 0.717) is 43.4 Å². The molecule has 0 radical (unpaired) electrons. The fourth-order valence-corrected chi connectivity index (χ4v) is 13.2. The molecule has 19 heteroatoms. The predicted molar refractivity (Wildman–Crippen MR) is 336 cm³/mol. The van der Waals surface area contributed by atoms with E-state index >= 15 is 0 Å². The van der Waals surface area contributed by atoms with Crippen LogP contribution in [0.25, 0.3) is 11.4 Å². The summed E-state index contributed by atoms with van der Waals surface area (Å²) in [7, 11) is 0. The molecule has 9 atom stereocenters. The predicted octanol–water partition coefficient (Wildman–Crippen LogP) is 10.3. The lowest BCUT2D eigenvalue weighted by molar-refractivity contribution is -0.141. The van der Waals surface area contributed by atoms with E-state index in [1.54, 1.807) is 13.8 Å². The van der Waals surface area contributed by atoms with Crippen molar-refractivity contribution in [2.24, 2.45) is 35.5 Å². The Hall–Kier alpha value is -8.06. The minimum absolute atomic E-state index is 0.00205. The zero-order chi connectivity index (χ0) is 61.8. The van der Waals surface area contributed by atoms with E-state index in [9.17, 15) is 28.8 Å². The van der Waals surface area contributed by atoms with Gasteiger partial charge in [-0.25, -0.2) is 0 Å². The van der Waals surface area contributed by atoms with Crippen LogP contribution in [0.4, 0.5) is 0 Å². The van der Waals surface area contributed by atoms with Crippen molar-refractivity contribution in [3.05, 3.63) is 177 Å². The average molecular weight is 1250 g/mol. The van der Waals surface area contributed by atoms with E-state index in [4.69, 9.17) is 5.11 Å². The number of carboxylic acid groups (broad SMARTS) is 1. The third-order valence-corrected chi connectivity index (χ3v) is 17.8. The van der Waals surface area contributed by atoms with Gasteiger partial charge in [0.2, 0.25) is 17.7 Å². The number of rotatable bonds is 23. The van der Waals surface area contributed by atoms with Crippen LogP contribution in [0.5, 0.6) is 0 Å². The summed E-state index contributed by atoms with van der Waals surface area (Å²) in [5.74, 6) is 0.469. The maximum Gasteiger partial charge on any atom is 0.325 e. The number of tetrazole rings is 2. The highest BCUT2D eigenvalue weighted by Gasteiger charge is 2.34. The molecule has 0 saturated heterocycles. The van der Waals surface area contributed by atoms with Gasteiger partial charge in [-0.2, -0.15) is 0 Å². The highest BCUT2D eigenvalue weighted by atomic mass is 79.9. The van der Waals surface area contributed by atoms with Gasteiger partial charge >= 0.3 is 5.97 Å². The highest BCUT2D eigenvalue weighted by Crippen LogP contribution is 2.36. The van der Waals surface area contributed by atoms with Gasteiger partial charge in [-0.15, -0.1) is 30.0 Å². The number of ketones is 2. The Morgan fingerprint density at radius 1 is 0.506 bits per heavy atom. The molecule has 7 aromatic rings. The van der Waals surface area contributed by atoms with Crippen LogP contribution in [0.1, 0.15) is 130 Å². The van der Waals surface area contributed by atoms with Gasteiger partial charge in [-0.3, -0.25) is 28.8 Å². The molecule has 87 heavy (non-hydrogen) atoms. The van der Waals surface area contributed by atoms with Gasteiger partial charge in [0.25, 0.3) is 0 Å². The number of nitrogens with one attached hydrogen (secondary N) is 3. The Kier molecular flexibility index (Phi) is 23.9. The number of carbonyl (C=O) groups excluding carboxylic acids is 5. The van der Waals surface area contributed by atoms with Crippen molar-refractivity contribution < 1.29 is 33.9 Å². The Morgan fingerprint density at radius 2 is 0.897 bits per heavy atom. The number of hydrogen-bond acceptors (Lipinski definition) is 12. The zero-order valence-corrected chi connectivity index (χ0v) is 52.1. The van der Waals surface area contributed by atoms with E-state index in [-0.39, 0.29) is 47.0 Å². The van der Waals surface area contributed by atoms with Crippen LogP contribution in [0.3, 0.4) is 0 Å². The molecule has 3 fully saturated rings. The summed E-state index contributed by atoms with van der Waals surface area (Å²) in [6.45, 7) is 9.02. The monoisotopic (exact) mass is 1240 g/mol. The number of aliphatic carboxylic acids is 1. The molecule has 3 aliphatic rings. The topological polar surface area (TPSA) is 246 Å². The van der Waals surface area contributed by atoms with Crippen LogP contribution < -0.4 is 16.0 Å². The van der Waals surface area contributed by atoms with Crippen molar-refractivity contribution in [3.8, 4) is 11.4 Å². The molecule has 2 aromatic heterocycles. The first-order valence-electron chi connectivity index (χ1n) is 30.6. The number of Topliss-reactive ketones (excluding diaryl/α,β-unsaturated/α-hetero) is 2. The Labute approximate surface area is 518 Å². The third-order valence-electron chi connectivity index (χ3n) is 17.3. The third kappa shape index (κ3) is 19.2. The number of hydrogen-bond donors (Lipinski definition) is 4. The molecule has 5 aromatic carbocycles. The molecule has 0 bridgehead atoms.